The van der Waals surface area contributed by atoms with Gasteiger partial charge in [0.2, 0.25) is 0 Å². The van der Waals surface area contributed by atoms with Crippen molar-refractivity contribution >= 4 is 28.3 Å². The van der Waals surface area contributed by atoms with Crippen LogP contribution in [0.25, 0.3) is 16.6 Å². The van der Waals surface area contributed by atoms with Crippen LogP contribution in [0.5, 0.6) is 0 Å². The number of hydrogen-bond donors (Lipinski definition) is 3. The van der Waals surface area contributed by atoms with Gasteiger partial charge >= 0.3 is 0 Å². The molecule has 3 N–H and O–H groups in total. The van der Waals surface area contributed by atoms with E-state index < -0.39 is 0 Å². The minimum atomic E-state index is -0.236. The van der Waals surface area contributed by atoms with Gasteiger partial charge in [0.05, 0.1) is 23.3 Å². The molecule has 1 fully saturated rings. The number of ether oxygens (including phenoxy) is 1. The van der Waals surface area contributed by atoms with E-state index in [0.29, 0.717) is 16.9 Å². The fourth-order valence-corrected chi connectivity index (χ4v) is 3.92. The zero-order chi connectivity index (χ0) is 20.3. The van der Waals surface area contributed by atoms with Crippen molar-refractivity contribution in [1.29, 1.82) is 0 Å². The SMILES string of the molecule is O=C(Nc1ccccn1)c1cccc2[nH]c(C3=CC=CCC3OC3CCNC3)nc12. The van der Waals surface area contributed by atoms with Gasteiger partial charge in [0.1, 0.15) is 17.2 Å². The number of aromatic nitrogens is 3. The van der Waals surface area contributed by atoms with Gasteiger partial charge in [-0.1, -0.05) is 30.4 Å². The monoisotopic (exact) mass is 401 g/mol. The third-order valence-electron chi connectivity index (χ3n) is 5.42. The van der Waals surface area contributed by atoms with Crippen LogP contribution in [0, 0.1) is 0 Å². The highest BCUT2D eigenvalue weighted by atomic mass is 16.5. The number of carbonyl (C=O) groups excluding carboxylic acids is 1. The first-order chi connectivity index (χ1) is 14.8. The highest BCUT2D eigenvalue weighted by molar-refractivity contribution is 6.11. The number of anilines is 1. The molecule has 0 radical (unpaired) electrons. The largest absolute Gasteiger partial charge is 0.368 e. The van der Waals surface area contributed by atoms with Crippen molar-refractivity contribution in [1.82, 2.24) is 20.3 Å². The normalized spacial score (nSPS) is 21.0. The molecule has 2 atom stereocenters. The van der Waals surface area contributed by atoms with Crippen LogP contribution in [0.4, 0.5) is 5.82 Å². The number of rotatable bonds is 5. The summed E-state index contributed by atoms with van der Waals surface area (Å²) in [6, 6.07) is 11.0. The van der Waals surface area contributed by atoms with Crippen LogP contribution in [0.1, 0.15) is 29.0 Å². The Hall–Kier alpha value is -3.29. The molecule has 2 unspecified atom stereocenters. The molecule has 2 aromatic heterocycles. The molecule has 7 heteroatoms. The minimum Gasteiger partial charge on any atom is -0.368 e. The number of carbonyl (C=O) groups is 1. The molecule has 5 rings (SSSR count). The number of aromatic amines is 1. The van der Waals surface area contributed by atoms with Gasteiger partial charge in [0.25, 0.3) is 5.91 Å². The quantitative estimate of drug-likeness (QED) is 0.610. The summed E-state index contributed by atoms with van der Waals surface area (Å²) in [5, 5.41) is 6.18. The number of pyridine rings is 1. The van der Waals surface area contributed by atoms with Gasteiger partial charge in [-0.3, -0.25) is 4.79 Å². The predicted octanol–water partition coefficient (Wildman–Crippen LogP) is 3.30. The second kappa shape index (κ2) is 8.22. The molecule has 0 bridgehead atoms. The van der Waals surface area contributed by atoms with Gasteiger partial charge in [-0.15, -0.1) is 0 Å². The van der Waals surface area contributed by atoms with E-state index in [9.17, 15) is 4.79 Å². The lowest BCUT2D eigenvalue weighted by Crippen LogP contribution is -2.26. The van der Waals surface area contributed by atoms with Crippen molar-refractivity contribution in [3.63, 3.8) is 0 Å². The first kappa shape index (κ1) is 18.7. The average molecular weight is 401 g/mol. The molecule has 1 aliphatic heterocycles. The molecule has 30 heavy (non-hydrogen) atoms. The zero-order valence-electron chi connectivity index (χ0n) is 16.5. The van der Waals surface area contributed by atoms with Gasteiger partial charge in [-0.25, -0.2) is 9.97 Å². The summed E-state index contributed by atoms with van der Waals surface area (Å²) in [6.07, 6.45) is 9.83. The maximum atomic E-state index is 12.8. The van der Waals surface area contributed by atoms with Crippen molar-refractivity contribution in [2.75, 3.05) is 18.4 Å². The Morgan fingerprint density at radius 2 is 2.17 bits per heavy atom. The first-order valence-corrected chi connectivity index (χ1v) is 10.2. The lowest BCUT2D eigenvalue weighted by atomic mass is 10.0. The lowest BCUT2D eigenvalue weighted by molar-refractivity contribution is 0.0319. The second-order valence-electron chi connectivity index (χ2n) is 7.48. The Morgan fingerprint density at radius 3 is 3.00 bits per heavy atom. The minimum absolute atomic E-state index is 0.0498. The Kier molecular flexibility index (Phi) is 5.13. The summed E-state index contributed by atoms with van der Waals surface area (Å²) >= 11 is 0. The van der Waals surface area contributed by atoms with Crippen LogP contribution < -0.4 is 10.6 Å². The maximum absolute atomic E-state index is 12.8. The van der Waals surface area contributed by atoms with Crippen molar-refractivity contribution in [3.8, 4) is 0 Å². The van der Waals surface area contributed by atoms with Crippen molar-refractivity contribution in [2.24, 2.45) is 0 Å². The fraction of sp³-hybridized carbons (Fsp3) is 0.261. The van der Waals surface area contributed by atoms with E-state index in [1.807, 2.05) is 36.4 Å². The number of nitrogens with zero attached hydrogens (tertiary/aromatic N) is 2. The van der Waals surface area contributed by atoms with Crippen molar-refractivity contribution in [3.05, 3.63) is 72.2 Å². The lowest BCUT2D eigenvalue weighted by Gasteiger charge is -2.24. The molecule has 2 aliphatic rings. The summed E-state index contributed by atoms with van der Waals surface area (Å²) < 4.78 is 6.34. The number of allylic oxidation sites excluding steroid dienone is 2. The summed E-state index contributed by atoms with van der Waals surface area (Å²) in [7, 11) is 0. The van der Waals surface area contributed by atoms with Gasteiger partial charge in [-0.2, -0.15) is 0 Å². The number of fused-ring (bicyclic) bond motifs is 1. The van der Waals surface area contributed by atoms with Gasteiger partial charge in [0, 0.05) is 18.3 Å². The zero-order valence-corrected chi connectivity index (χ0v) is 16.5. The number of benzene rings is 1. The predicted molar refractivity (Wildman–Crippen MR) is 116 cm³/mol. The highest BCUT2D eigenvalue weighted by Crippen LogP contribution is 2.29. The van der Waals surface area contributed by atoms with Crippen molar-refractivity contribution < 1.29 is 9.53 Å². The molecule has 0 spiro atoms. The van der Waals surface area contributed by atoms with E-state index in [4.69, 9.17) is 9.72 Å². The van der Waals surface area contributed by atoms with E-state index in [0.717, 1.165) is 42.8 Å². The number of amides is 1. The van der Waals surface area contributed by atoms with E-state index in [1.54, 1.807) is 18.3 Å². The van der Waals surface area contributed by atoms with Gasteiger partial charge in [-0.05, 0) is 43.7 Å². The Morgan fingerprint density at radius 1 is 1.20 bits per heavy atom. The Balaban J connectivity index is 1.44. The van der Waals surface area contributed by atoms with Crippen LogP contribution in [-0.4, -0.2) is 46.2 Å². The third-order valence-corrected chi connectivity index (χ3v) is 5.42. The molecule has 152 valence electrons. The van der Waals surface area contributed by atoms with E-state index in [-0.39, 0.29) is 18.1 Å². The van der Waals surface area contributed by atoms with Crippen LogP contribution in [0.15, 0.2) is 60.8 Å². The topological polar surface area (TPSA) is 91.9 Å². The van der Waals surface area contributed by atoms with E-state index in [1.165, 1.54) is 0 Å². The Labute approximate surface area is 174 Å². The molecule has 1 amide bonds. The van der Waals surface area contributed by atoms with Crippen LogP contribution in [-0.2, 0) is 4.74 Å². The second-order valence-corrected chi connectivity index (χ2v) is 7.48. The molecule has 7 nitrogen and oxygen atoms in total. The molecular weight excluding hydrogens is 378 g/mol. The van der Waals surface area contributed by atoms with Gasteiger partial charge < -0.3 is 20.4 Å². The van der Waals surface area contributed by atoms with E-state index >= 15 is 0 Å². The van der Waals surface area contributed by atoms with Crippen molar-refractivity contribution in [2.45, 2.75) is 25.0 Å². The van der Waals surface area contributed by atoms with Crippen LogP contribution in [0.3, 0.4) is 0 Å². The third kappa shape index (κ3) is 3.77. The number of imidazole rings is 1. The molecule has 1 saturated heterocycles. The fourth-order valence-electron chi connectivity index (χ4n) is 3.92. The highest BCUT2D eigenvalue weighted by Gasteiger charge is 2.26. The van der Waals surface area contributed by atoms with E-state index in [2.05, 4.69) is 26.7 Å². The maximum Gasteiger partial charge on any atom is 0.259 e. The molecule has 3 aromatic rings. The number of para-hydroxylation sites is 1. The van der Waals surface area contributed by atoms with Crippen LogP contribution in [0.2, 0.25) is 0 Å². The first-order valence-electron chi connectivity index (χ1n) is 10.2. The van der Waals surface area contributed by atoms with Crippen LogP contribution >= 0.6 is 0 Å². The average Bonchev–Trinajstić information content (AvgIpc) is 3.44. The summed E-state index contributed by atoms with van der Waals surface area (Å²) in [4.78, 5) is 25.2. The summed E-state index contributed by atoms with van der Waals surface area (Å²) in [5.74, 6) is 1.01. The molecule has 3 heterocycles. The standard InChI is InChI=1S/C23H23N5O2/c29-23(27-20-10-3-4-12-25-20)17-7-5-8-18-21(17)28-22(26-18)16-6-1-2-9-19(16)30-15-11-13-24-14-15/h1-8,10,12,15,19,24H,9,11,13-14H2,(H,26,28)(H,25,27,29). The summed E-state index contributed by atoms with van der Waals surface area (Å²) in [5.41, 5.74) is 2.97. The number of hydrogen-bond acceptors (Lipinski definition) is 5. The van der Waals surface area contributed by atoms with Gasteiger partial charge in [0.15, 0.2) is 0 Å². The smallest absolute Gasteiger partial charge is 0.259 e. The molecular formula is C23H23N5O2. The number of H-pyrrole nitrogens is 1. The molecule has 1 aliphatic carbocycles. The molecule has 1 aromatic carbocycles. The molecule has 0 saturated carbocycles. The number of nitrogens with one attached hydrogen (secondary N) is 3. The Bertz CT molecular complexity index is 1110. The summed E-state index contributed by atoms with van der Waals surface area (Å²) in [6.45, 7) is 1.87.